The number of hydrogen-bond donors (Lipinski definition) is 1. The normalized spacial score (nSPS) is 22.1. The van der Waals surface area contributed by atoms with Crippen molar-refractivity contribution in [3.8, 4) is 11.5 Å². The molecule has 4 rings (SSSR count). The number of rotatable bonds is 4. The van der Waals surface area contributed by atoms with E-state index in [0.29, 0.717) is 6.54 Å². The number of aliphatic hydroxyl groups is 1. The topological polar surface area (TPSA) is 44.9 Å². The molecule has 0 bridgehead atoms. The molecule has 0 saturated heterocycles. The maximum absolute atomic E-state index is 11.9. The van der Waals surface area contributed by atoms with Gasteiger partial charge in [-0.25, -0.2) is 9.48 Å². The Morgan fingerprint density at radius 1 is 1.04 bits per heavy atom. The van der Waals surface area contributed by atoms with Gasteiger partial charge < -0.3 is 14.6 Å². The summed E-state index contributed by atoms with van der Waals surface area (Å²) in [6.45, 7) is 1.29. The summed E-state index contributed by atoms with van der Waals surface area (Å²) in [5, 5.41) is 11.9. The molecular formula is C22H26BrN2O3+. The molecule has 6 heteroatoms. The number of benzene rings is 2. The molecule has 5 nitrogen and oxygen atoms in total. The van der Waals surface area contributed by atoms with E-state index in [1.54, 1.807) is 14.2 Å². The van der Waals surface area contributed by atoms with Crippen molar-refractivity contribution in [2.24, 2.45) is 0 Å². The first-order valence-corrected chi connectivity index (χ1v) is 10.5. The predicted molar refractivity (Wildman–Crippen MR) is 114 cm³/mol. The smallest absolute Gasteiger partial charge is 0.271 e. The largest absolute Gasteiger partial charge is 0.497 e. The van der Waals surface area contributed by atoms with Crippen molar-refractivity contribution in [1.29, 1.82) is 0 Å². The zero-order chi connectivity index (χ0) is 19.7. The summed E-state index contributed by atoms with van der Waals surface area (Å²) in [6.07, 6.45) is 4.29. The van der Waals surface area contributed by atoms with Gasteiger partial charge in [0.2, 0.25) is 0 Å². The van der Waals surface area contributed by atoms with Crippen LogP contribution in [0.4, 0.5) is 5.69 Å². The minimum atomic E-state index is -1.07. The van der Waals surface area contributed by atoms with Crippen molar-refractivity contribution >= 4 is 27.5 Å². The molecule has 2 aromatic rings. The van der Waals surface area contributed by atoms with Gasteiger partial charge in [0.05, 0.1) is 20.8 Å². The van der Waals surface area contributed by atoms with E-state index in [9.17, 15) is 5.11 Å². The molecule has 0 amide bonds. The molecule has 2 aliphatic heterocycles. The minimum Gasteiger partial charge on any atom is -0.497 e. The van der Waals surface area contributed by atoms with Crippen LogP contribution in [0, 0.1) is 0 Å². The van der Waals surface area contributed by atoms with Crippen molar-refractivity contribution in [2.75, 3.05) is 32.2 Å². The Labute approximate surface area is 174 Å². The van der Waals surface area contributed by atoms with Crippen molar-refractivity contribution in [2.45, 2.75) is 31.4 Å². The number of hydrogen-bond acceptors (Lipinski definition) is 4. The molecule has 1 atom stereocenters. The Morgan fingerprint density at radius 3 is 2.54 bits per heavy atom. The van der Waals surface area contributed by atoms with Crippen LogP contribution in [0.15, 0.2) is 46.9 Å². The minimum absolute atomic E-state index is 0.452. The number of β-amino-alcohol motifs (C(OH)–C–C–N with tert-alkyl or cyclic N) is 1. The van der Waals surface area contributed by atoms with Gasteiger partial charge >= 0.3 is 0 Å². The lowest BCUT2D eigenvalue weighted by Crippen LogP contribution is -2.41. The third kappa shape index (κ3) is 3.29. The van der Waals surface area contributed by atoms with Crippen LogP contribution in [0.25, 0.3) is 0 Å². The molecule has 0 spiro atoms. The lowest BCUT2D eigenvalue weighted by Gasteiger charge is -2.24. The van der Waals surface area contributed by atoms with Crippen molar-refractivity contribution in [3.63, 3.8) is 0 Å². The van der Waals surface area contributed by atoms with Crippen LogP contribution in [0.3, 0.4) is 0 Å². The summed E-state index contributed by atoms with van der Waals surface area (Å²) in [4.78, 5) is 2.20. The molecular weight excluding hydrogens is 420 g/mol. The fourth-order valence-corrected chi connectivity index (χ4v) is 4.53. The van der Waals surface area contributed by atoms with Gasteiger partial charge in [0, 0.05) is 22.5 Å². The molecule has 2 aromatic carbocycles. The lowest BCUT2D eigenvalue weighted by atomic mass is 10.0. The molecule has 0 unspecified atom stereocenters. The van der Waals surface area contributed by atoms with Gasteiger partial charge in [0.1, 0.15) is 5.75 Å². The van der Waals surface area contributed by atoms with E-state index < -0.39 is 5.72 Å². The number of ether oxygens (including phenoxy) is 2. The summed E-state index contributed by atoms with van der Waals surface area (Å²) in [6, 6.07) is 13.8. The Morgan fingerprint density at radius 2 is 1.82 bits per heavy atom. The first kappa shape index (κ1) is 19.3. The van der Waals surface area contributed by atoms with Gasteiger partial charge in [-0.2, -0.15) is 0 Å². The van der Waals surface area contributed by atoms with E-state index in [-0.39, 0.29) is 0 Å². The standard InChI is InChI=1S/C22H26BrN2O3/c1-27-18-11-12-20(28-2)19(14-18)24-15-22(26,16-7-9-17(23)10-8-16)25-13-5-3-4-6-21(24)25/h7-12,14,26H,3-6,13,15H2,1-2H3/q+1/t22-/m0/s1. The van der Waals surface area contributed by atoms with Gasteiger partial charge in [0.15, 0.2) is 18.0 Å². The number of anilines is 1. The molecule has 148 valence electrons. The average molecular weight is 446 g/mol. The van der Waals surface area contributed by atoms with Gasteiger partial charge in [-0.05, 0) is 43.5 Å². The highest BCUT2D eigenvalue weighted by Crippen LogP contribution is 2.40. The van der Waals surface area contributed by atoms with Crippen LogP contribution >= 0.6 is 15.9 Å². The molecule has 0 aromatic heterocycles. The monoisotopic (exact) mass is 445 g/mol. The number of amidine groups is 1. The van der Waals surface area contributed by atoms with E-state index in [2.05, 4.69) is 25.4 Å². The van der Waals surface area contributed by atoms with E-state index >= 15 is 0 Å². The van der Waals surface area contributed by atoms with Crippen LogP contribution in [0.1, 0.15) is 31.2 Å². The molecule has 0 saturated carbocycles. The summed E-state index contributed by atoms with van der Waals surface area (Å²) in [7, 11) is 3.34. The van der Waals surface area contributed by atoms with Crippen molar-refractivity contribution in [1.82, 2.24) is 0 Å². The molecule has 28 heavy (non-hydrogen) atoms. The quantitative estimate of drug-likeness (QED) is 0.718. The van der Waals surface area contributed by atoms with Crippen LogP contribution < -0.4 is 14.4 Å². The molecule has 0 aliphatic carbocycles. The molecule has 1 N–H and O–H groups in total. The molecule has 0 fully saturated rings. The maximum Gasteiger partial charge on any atom is 0.271 e. The Balaban J connectivity index is 1.84. The summed E-state index contributed by atoms with van der Waals surface area (Å²) in [5.74, 6) is 2.70. The maximum atomic E-state index is 11.9. The number of methoxy groups -OCH3 is 2. The summed E-state index contributed by atoms with van der Waals surface area (Å²) < 4.78 is 14.3. The lowest BCUT2D eigenvalue weighted by molar-refractivity contribution is -0.658. The molecule has 2 heterocycles. The summed E-state index contributed by atoms with van der Waals surface area (Å²) in [5.41, 5.74) is 0.755. The first-order valence-electron chi connectivity index (χ1n) is 9.68. The van der Waals surface area contributed by atoms with Gasteiger partial charge in [-0.1, -0.05) is 28.1 Å². The SMILES string of the molecule is COc1ccc(OC)c(N2C[C@](O)(c3ccc(Br)cc3)[N+]3=C2CCCCC3)c1. The van der Waals surface area contributed by atoms with E-state index in [1.807, 2.05) is 42.5 Å². The first-order chi connectivity index (χ1) is 13.6. The van der Waals surface area contributed by atoms with Gasteiger partial charge in [-0.3, -0.25) is 0 Å². The van der Waals surface area contributed by atoms with E-state index in [4.69, 9.17) is 9.47 Å². The second-order valence-electron chi connectivity index (χ2n) is 7.33. The van der Waals surface area contributed by atoms with Gasteiger partial charge in [-0.15, -0.1) is 0 Å². The number of nitrogens with zero attached hydrogens (tertiary/aromatic N) is 2. The molecule has 2 aliphatic rings. The predicted octanol–water partition coefficient (Wildman–Crippen LogP) is 4.12. The van der Waals surface area contributed by atoms with Crippen LogP contribution in [-0.4, -0.2) is 42.8 Å². The van der Waals surface area contributed by atoms with Crippen LogP contribution in [0.5, 0.6) is 11.5 Å². The zero-order valence-electron chi connectivity index (χ0n) is 16.3. The highest BCUT2D eigenvalue weighted by molar-refractivity contribution is 9.10. The molecule has 0 radical (unpaired) electrons. The number of halogens is 1. The third-order valence-corrected chi connectivity index (χ3v) is 6.24. The Bertz CT molecular complexity index is 897. The Kier molecular flexibility index (Phi) is 5.34. The second-order valence-corrected chi connectivity index (χ2v) is 8.24. The zero-order valence-corrected chi connectivity index (χ0v) is 17.9. The van der Waals surface area contributed by atoms with Gasteiger partial charge in [0.25, 0.3) is 11.6 Å². The van der Waals surface area contributed by atoms with E-state index in [0.717, 1.165) is 58.9 Å². The van der Waals surface area contributed by atoms with E-state index in [1.165, 1.54) is 6.42 Å². The highest BCUT2D eigenvalue weighted by Gasteiger charge is 2.52. The third-order valence-electron chi connectivity index (χ3n) is 5.71. The van der Waals surface area contributed by atoms with Crippen LogP contribution in [-0.2, 0) is 5.72 Å². The fraction of sp³-hybridized carbons (Fsp3) is 0.409. The average Bonchev–Trinajstić information content (AvgIpc) is 2.87. The summed E-state index contributed by atoms with van der Waals surface area (Å²) >= 11 is 3.50. The van der Waals surface area contributed by atoms with Crippen molar-refractivity contribution < 1.29 is 19.2 Å². The Hall–Kier alpha value is -2.05. The highest BCUT2D eigenvalue weighted by atomic mass is 79.9. The van der Waals surface area contributed by atoms with Crippen LogP contribution in [0.2, 0.25) is 0 Å². The fourth-order valence-electron chi connectivity index (χ4n) is 4.27. The van der Waals surface area contributed by atoms with Crippen molar-refractivity contribution in [3.05, 3.63) is 52.5 Å². The second kappa shape index (κ2) is 7.76.